The Labute approximate surface area is 121 Å². The summed E-state index contributed by atoms with van der Waals surface area (Å²) in [5.74, 6) is -0.500. The third-order valence-corrected chi connectivity index (χ3v) is 2.60. The van der Waals surface area contributed by atoms with Crippen molar-refractivity contribution in [3.05, 3.63) is 29.3 Å². The Balaban J connectivity index is 2.95. The minimum absolute atomic E-state index is 0.0435. The van der Waals surface area contributed by atoms with Gasteiger partial charge in [-0.15, -0.1) is 0 Å². The van der Waals surface area contributed by atoms with Crippen LogP contribution in [-0.4, -0.2) is 11.6 Å². The van der Waals surface area contributed by atoms with Crippen LogP contribution in [0.4, 0.5) is 26.3 Å². The molecule has 0 aliphatic rings. The van der Waals surface area contributed by atoms with Gasteiger partial charge in [0.05, 0.1) is 22.7 Å². The van der Waals surface area contributed by atoms with Gasteiger partial charge in [0.1, 0.15) is 5.75 Å². The minimum atomic E-state index is -4.89. The van der Waals surface area contributed by atoms with Gasteiger partial charge in [-0.3, -0.25) is 0 Å². The Bertz CT molecular complexity index is 479. The average Bonchev–Trinajstić information content (AvgIpc) is 2.32. The summed E-state index contributed by atoms with van der Waals surface area (Å²) in [5.41, 5.74) is 2.38. The van der Waals surface area contributed by atoms with E-state index in [0.29, 0.717) is 25.0 Å². The molecule has 0 fully saturated rings. The van der Waals surface area contributed by atoms with E-state index in [0.717, 1.165) is 0 Å². The molecule has 0 saturated carbocycles. The summed E-state index contributed by atoms with van der Waals surface area (Å²) >= 11 is 4.59. The van der Waals surface area contributed by atoms with Crippen LogP contribution < -0.4 is 10.5 Å². The lowest BCUT2D eigenvalue weighted by Gasteiger charge is -2.14. The summed E-state index contributed by atoms with van der Waals surface area (Å²) in [5, 5.41) is 0. The summed E-state index contributed by atoms with van der Waals surface area (Å²) in [6, 6.07) is 1.09. The Kier molecular flexibility index (Phi) is 5.43. The van der Waals surface area contributed by atoms with Crippen molar-refractivity contribution in [1.82, 2.24) is 0 Å². The zero-order chi connectivity index (χ0) is 16.3. The fourth-order valence-corrected chi connectivity index (χ4v) is 1.59. The second-order valence-electron chi connectivity index (χ2n) is 4.16. The van der Waals surface area contributed by atoms with Crippen molar-refractivity contribution in [3.63, 3.8) is 0 Å². The van der Waals surface area contributed by atoms with Crippen LogP contribution in [0.5, 0.6) is 5.75 Å². The number of halogens is 6. The predicted octanol–water partition coefficient (Wildman–Crippen LogP) is 4.17. The molecule has 0 amide bonds. The summed E-state index contributed by atoms with van der Waals surface area (Å²) < 4.78 is 80.4. The molecule has 0 atom stereocenters. The molecule has 0 saturated heterocycles. The number of benzene rings is 1. The first-order valence-corrected chi connectivity index (χ1v) is 6.11. The second kappa shape index (κ2) is 6.50. The van der Waals surface area contributed by atoms with Gasteiger partial charge in [0.25, 0.3) is 0 Å². The highest BCUT2D eigenvalue weighted by atomic mass is 32.1. The van der Waals surface area contributed by atoms with E-state index in [1.54, 1.807) is 0 Å². The van der Waals surface area contributed by atoms with Crippen molar-refractivity contribution in [3.8, 4) is 5.75 Å². The molecule has 0 radical (unpaired) electrons. The van der Waals surface area contributed by atoms with Gasteiger partial charge in [-0.25, -0.2) is 0 Å². The van der Waals surface area contributed by atoms with Gasteiger partial charge in [-0.05, 0) is 24.6 Å². The molecule has 0 aromatic heterocycles. The Morgan fingerprint density at radius 2 is 1.48 bits per heavy atom. The van der Waals surface area contributed by atoms with E-state index in [2.05, 4.69) is 12.2 Å². The molecule has 0 aliphatic carbocycles. The van der Waals surface area contributed by atoms with Crippen molar-refractivity contribution in [2.24, 2.45) is 5.73 Å². The number of nitrogens with two attached hydrogens (primary N) is 1. The third-order valence-electron chi connectivity index (χ3n) is 2.40. The molecule has 118 valence electrons. The van der Waals surface area contributed by atoms with E-state index >= 15 is 0 Å². The largest absolute Gasteiger partial charge is 0.494 e. The lowest BCUT2D eigenvalue weighted by molar-refractivity contribution is -0.143. The topological polar surface area (TPSA) is 35.2 Å². The maximum atomic E-state index is 12.6. The average molecular weight is 331 g/mol. The lowest BCUT2D eigenvalue weighted by Crippen LogP contribution is -2.12. The SMILES string of the molecule is NC(=S)CCCOc1cc(C(F)(F)F)cc(C(F)(F)F)c1. The fraction of sp³-hybridized carbons (Fsp3) is 0.417. The smallest absolute Gasteiger partial charge is 0.416 e. The number of rotatable bonds is 5. The summed E-state index contributed by atoms with van der Waals surface area (Å²) in [6.07, 6.45) is -9.19. The number of hydrogen-bond acceptors (Lipinski definition) is 2. The molecule has 0 heterocycles. The first-order chi connectivity index (χ1) is 9.50. The molecular weight excluding hydrogens is 320 g/mol. The monoisotopic (exact) mass is 331 g/mol. The van der Waals surface area contributed by atoms with E-state index in [1.165, 1.54) is 0 Å². The minimum Gasteiger partial charge on any atom is -0.494 e. The van der Waals surface area contributed by atoms with Gasteiger partial charge < -0.3 is 10.5 Å². The third kappa shape index (κ3) is 5.78. The van der Waals surface area contributed by atoms with Gasteiger partial charge in [0, 0.05) is 6.42 Å². The Morgan fingerprint density at radius 3 is 1.86 bits per heavy atom. The first kappa shape index (κ1) is 17.5. The maximum Gasteiger partial charge on any atom is 0.416 e. The quantitative estimate of drug-likeness (QED) is 0.500. The first-order valence-electron chi connectivity index (χ1n) is 5.71. The highest BCUT2D eigenvalue weighted by Gasteiger charge is 2.37. The second-order valence-corrected chi connectivity index (χ2v) is 4.68. The van der Waals surface area contributed by atoms with Gasteiger partial charge in [-0.1, -0.05) is 12.2 Å². The molecule has 1 aromatic carbocycles. The molecule has 9 heteroatoms. The molecule has 2 nitrogen and oxygen atoms in total. The molecule has 0 unspecified atom stereocenters. The van der Waals surface area contributed by atoms with Crippen LogP contribution in [0.2, 0.25) is 0 Å². The van der Waals surface area contributed by atoms with Crippen LogP contribution in [0.1, 0.15) is 24.0 Å². The van der Waals surface area contributed by atoms with Gasteiger partial charge >= 0.3 is 12.4 Å². The predicted molar refractivity (Wildman–Crippen MR) is 68.0 cm³/mol. The summed E-state index contributed by atoms with van der Waals surface area (Å²) in [4.78, 5) is 0.193. The van der Waals surface area contributed by atoms with E-state index in [9.17, 15) is 26.3 Å². The Hall–Kier alpha value is -1.51. The lowest BCUT2D eigenvalue weighted by atomic mass is 10.1. The molecule has 0 aliphatic heterocycles. The zero-order valence-electron chi connectivity index (χ0n) is 10.5. The van der Waals surface area contributed by atoms with Crippen molar-refractivity contribution in [2.45, 2.75) is 25.2 Å². The van der Waals surface area contributed by atoms with E-state index in [-0.39, 0.29) is 17.7 Å². The van der Waals surface area contributed by atoms with Crippen LogP contribution in [-0.2, 0) is 12.4 Å². The van der Waals surface area contributed by atoms with Crippen molar-refractivity contribution in [1.29, 1.82) is 0 Å². The van der Waals surface area contributed by atoms with Gasteiger partial charge in [-0.2, -0.15) is 26.3 Å². The maximum absolute atomic E-state index is 12.6. The molecule has 0 bridgehead atoms. The molecule has 2 N–H and O–H groups in total. The standard InChI is InChI=1S/C12H11F6NOS/c13-11(14,15)7-4-8(12(16,17)18)6-9(5-7)20-3-1-2-10(19)21/h4-6H,1-3H2,(H2,19,21). The van der Waals surface area contributed by atoms with E-state index in [1.807, 2.05) is 0 Å². The number of alkyl halides is 6. The molecular formula is C12H11F6NOS. The Morgan fingerprint density at radius 1 is 1.00 bits per heavy atom. The number of hydrogen-bond donors (Lipinski definition) is 1. The van der Waals surface area contributed by atoms with Crippen LogP contribution in [0.3, 0.4) is 0 Å². The molecule has 0 spiro atoms. The summed E-state index contributed by atoms with van der Waals surface area (Å²) in [6.45, 7) is -0.0874. The van der Waals surface area contributed by atoms with Crippen molar-refractivity contribution in [2.75, 3.05) is 6.61 Å². The fourth-order valence-electron chi connectivity index (χ4n) is 1.45. The molecule has 1 rings (SSSR count). The highest BCUT2D eigenvalue weighted by molar-refractivity contribution is 7.80. The number of thiocarbonyl (C=S) groups is 1. The van der Waals surface area contributed by atoms with E-state index in [4.69, 9.17) is 10.5 Å². The van der Waals surface area contributed by atoms with E-state index < -0.39 is 29.2 Å². The highest BCUT2D eigenvalue weighted by Crippen LogP contribution is 2.38. The molecule has 1 aromatic rings. The normalized spacial score (nSPS) is 12.3. The van der Waals surface area contributed by atoms with Crippen LogP contribution in [0, 0.1) is 0 Å². The van der Waals surface area contributed by atoms with Crippen LogP contribution in [0.15, 0.2) is 18.2 Å². The number of ether oxygens (including phenoxy) is 1. The van der Waals surface area contributed by atoms with Crippen molar-refractivity contribution < 1.29 is 31.1 Å². The van der Waals surface area contributed by atoms with Crippen LogP contribution >= 0.6 is 12.2 Å². The zero-order valence-corrected chi connectivity index (χ0v) is 11.3. The van der Waals surface area contributed by atoms with Gasteiger partial charge in [0.15, 0.2) is 0 Å². The molecule has 21 heavy (non-hydrogen) atoms. The van der Waals surface area contributed by atoms with Crippen LogP contribution in [0.25, 0.3) is 0 Å². The summed E-state index contributed by atoms with van der Waals surface area (Å²) in [7, 11) is 0. The van der Waals surface area contributed by atoms with Crippen molar-refractivity contribution >= 4 is 17.2 Å². The van der Waals surface area contributed by atoms with Gasteiger partial charge in [0.2, 0.25) is 0 Å².